The van der Waals surface area contributed by atoms with Crippen LogP contribution < -0.4 is 15.4 Å². The van der Waals surface area contributed by atoms with Gasteiger partial charge in [-0.25, -0.2) is 0 Å². The van der Waals surface area contributed by atoms with Crippen LogP contribution in [0.3, 0.4) is 0 Å². The molecule has 2 N–H and O–H groups in total. The molecule has 110 valence electrons. The van der Waals surface area contributed by atoms with Crippen molar-refractivity contribution in [1.29, 1.82) is 0 Å². The van der Waals surface area contributed by atoms with Crippen LogP contribution in [-0.4, -0.2) is 31.5 Å². The zero-order valence-electron chi connectivity index (χ0n) is 11.0. The van der Waals surface area contributed by atoms with Crippen molar-refractivity contribution in [3.05, 3.63) is 27.7 Å². The number of rotatable bonds is 7. The number of benzene rings is 1. The summed E-state index contributed by atoms with van der Waals surface area (Å²) in [6.07, 6.45) is 0.855. The molecule has 0 saturated heterocycles. The first kappa shape index (κ1) is 16.8. The summed E-state index contributed by atoms with van der Waals surface area (Å²) in [5, 5.41) is 5.71. The third-order valence-electron chi connectivity index (χ3n) is 2.27. The molecule has 0 fully saturated rings. The van der Waals surface area contributed by atoms with Gasteiger partial charge in [-0.05, 0) is 40.5 Å². The van der Waals surface area contributed by atoms with Crippen molar-refractivity contribution in [2.45, 2.75) is 13.3 Å². The molecule has 20 heavy (non-hydrogen) atoms. The average molecular weight is 364 g/mol. The van der Waals surface area contributed by atoms with E-state index in [0.29, 0.717) is 21.8 Å². The molecule has 0 aromatic heterocycles. The Labute approximate surface area is 131 Å². The number of nitrogens with one attached hydrogen (secondary N) is 2. The highest BCUT2D eigenvalue weighted by Crippen LogP contribution is 2.27. The van der Waals surface area contributed by atoms with Gasteiger partial charge in [0.25, 0.3) is 5.91 Å². The minimum absolute atomic E-state index is 0.0516. The second kappa shape index (κ2) is 8.81. The minimum Gasteiger partial charge on any atom is -0.483 e. The summed E-state index contributed by atoms with van der Waals surface area (Å²) in [4.78, 5) is 22.8. The summed E-state index contributed by atoms with van der Waals surface area (Å²) >= 11 is 9.08. The topological polar surface area (TPSA) is 67.4 Å². The third kappa shape index (κ3) is 6.25. The van der Waals surface area contributed by atoms with Gasteiger partial charge in [-0.2, -0.15) is 0 Å². The largest absolute Gasteiger partial charge is 0.483 e. The van der Waals surface area contributed by atoms with Gasteiger partial charge in [0.15, 0.2) is 6.61 Å². The molecule has 0 spiro atoms. The SMILES string of the molecule is CCCNC(=O)CNC(=O)COc1ccc(Cl)cc1Br. The molecule has 0 aliphatic carbocycles. The Morgan fingerprint density at radius 1 is 1.30 bits per heavy atom. The normalized spacial score (nSPS) is 9.95. The number of carbonyl (C=O) groups is 2. The lowest BCUT2D eigenvalue weighted by molar-refractivity contribution is -0.127. The Bertz CT molecular complexity index is 483. The molecule has 1 aromatic rings. The fourth-order valence-electron chi connectivity index (χ4n) is 1.29. The molecule has 5 nitrogen and oxygen atoms in total. The van der Waals surface area contributed by atoms with Gasteiger partial charge in [0.1, 0.15) is 5.75 Å². The van der Waals surface area contributed by atoms with Crippen LogP contribution >= 0.6 is 27.5 Å². The maximum Gasteiger partial charge on any atom is 0.258 e. The molecule has 0 radical (unpaired) electrons. The van der Waals surface area contributed by atoms with Crippen LogP contribution in [0.4, 0.5) is 0 Å². The Morgan fingerprint density at radius 3 is 2.70 bits per heavy atom. The molecule has 0 atom stereocenters. The smallest absolute Gasteiger partial charge is 0.258 e. The zero-order chi connectivity index (χ0) is 15.0. The van der Waals surface area contributed by atoms with Gasteiger partial charge in [-0.3, -0.25) is 9.59 Å². The molecule has 0 aliphatic heterocycles. The number of hydrogen-bond donors (Lipinski definition) is 2. The van der Waals surface area contributed by atoms with Crippen LogP contribution in [0.15, 0.2) is 22.7 Å². The summed E-state index contributed by atoms with van der Waals surface area (Å²) in [5.74, 6) is -0.0636. The van der Waals surface area contributed by atoms with E-state index in [1.54, 1.807) is 18.2 Å². The molecule has 0 saturated carbocycles. The monoisotopic (exact) mass is 362 g/mol. The molecular formula is C13H16BrClN2O3. The maximum absolute atomic E-state index is 11.5. The standard InChI is InChI=1S/C13H16BrClN2O3/c1-2-5-16-12(18)7-17-13(19)8-20-11-4-3-9(15)6-10(11)14/h3-4,6H,2,5,7-8H2,1H3,(H,16,18)(H,17,19). The van der Waals surface area contributed by atoms with E-state index < -0.39 is 0 Å². The molecule has 1 aromatic carbocycles. The summed E-state index contributed by atoms with van der Waals surface area (Å²) < 4.78 is 5.98. The van der Waals surface area contributed by atoms with Crippen LogP contribution in [0.2, 0.25) is 5.02 Å². The van der Waals surface area contributed by atoms with Gasteiger partial charge in [-0.1, -0.05) is 18.5 Å². The molecule has 2 amide bonds. The first-order valence-electron chi connectivity index (χ1n) is 6.14. The van der Waals surface area contributed by atoms with E-state index in [2.05, 4.69) is 26.6 Å². The van der Waals surface area contributed by atoms with E-state index >= 15 is 0 Å². The molecule has 0 aliphatic rings. The number of ether oxygens (including phenoxy) is 1. The Kier molecular flexibility index (Phi) is 7.40. The van der Waals surface area contributed by atoms with Crippen molar-refractivity contribution in [3.8, 4) is 5.75 Å². The van der Waals surface area contributed by atoms with E-state index in [4.69, 9.17) is 16.3 Å². The number of amides is 2. The quantitative estimate of drug-likeness (QED) is 0.780. The number of hydrogen-bond acceptors (Lipinski definition) is 3. The zero-order valence-corrected chi connectivity index (χ0v) is 13.4. The van der Waals surface area contributed by atoms with E-state index in [-0.39, 0.29) is 25.0 Å². The maximum atomic E-state index is 11.5. The molecule has 0 unspecified atom stereocenters. The highest BCUT2D eigenvalue weighted by atomic mass is 79.9. The van der Waals surface area contributed by atoms with Gasteiger partial charge in [0.2, 0.25) is 5.91 Å². The van der Waals surface area contributed by atoms with Crippen molar-refractivity contribution < 1.29 is 14.3 Å². The van der Waals surface area contributed by atoms with Gasteiger partial charge in [-0.15, -0.1) is 0 Å². The average Bonchev–Trinajstić information content (AvgIpc) is 2.41. The molecule has 1 rings (SSSR count). The fraction of sp³-hybridized carbons (Fsp3) is 0.385. The lowest BCUT2D eigenvalue weighted by atomic mass is 10.3. The Balaban J connectivity index is 2.31. The minimum atomic E-state index is -0.363. The van der Waals surface area contributed by atoms with Crippen molar-refractivity contribution in [1.82, 2.24) is 10.6 Å². The van der Waals surface area contributed by atoms with Gasteiger partial charge in [0, 0.05) is 11.6 Å². The molecule has 0 heterocycles. The summed E-state index contributed by atoms with van der Waals surface area (Å²) in [6, 6.07) is 5.00. The molecular weight excluding hydrogens is 348 g/mol. The van der Waals surface area contributed by atoms with Crippen LogP contribution in [0.1, 0.15) is 13.3 Å². The lowest BCUT2D eigenvalue weighted by Crippen LogP contribution is -2.39. The van der Waals surface area contributed by atoms with E-state index in [0.717, 1.165) is 6.42 Å². The molecule has 0 bridgehead atoms. The number of halogens is 2. The predicted molar refractivity (Wildman–Crippen MR) is 81.0 cm³/mol. The van der Waals surface area contributed by atoms with Crippen LogP contribution in [-0.2, 0) is 9.59 Å². The second-order valence-electron chi connectivity index (χ2n) is 3.99. The Morgan fingerprint density at radius 2 is 2.05 bits per heavy atom. The summed E-state index contributed by atoms with van der Waals surface area (Å²) in [5.41, 5.74) is 0. The molecule has 7 heteroatoms. The van der Waals surface area contributed by atoms with E-state index in [9.17, 15) is 9.59 Å². The van der Waals surface area contributed by atoms with Crippen LogP contribution in [0.5, 0.6) is 5.75 Å². The summed E-state index contributed by atoms with van der Waals surface area (Å²) in [6.45, 7) is 2.34. The first-order valence-corrected chi connectivity index (χ1v) is 7.31. The number of carbonyl (C=O) groups excluding carboxylic acids is 2. The highest BCUT2D eigenvalue weighted by molar-refractivity contribution is 9.10. The summed E-state index contributed by atoms with van der Waals surface area (Å²) in [7, 11) is 0. The predicted octanol–water partition coefficient (Wildman–Crippen LogP) is 2.12. The van der Waals surface area contributed by atoms with Gasteiger partial charge in [0.05, 0.1) is 11.0 Å². The van der Waals surface area contributed by atoms with Gasteiger partial charge < -0.3 is 15.4 Å². The second-order valence-corrected chi connectivity index (χ2v) is 5.28. The van der Waals surface area contributed by atoms with Crippen molar-refractivity contribution in [2.24, 2.45) is 0 Å². The lowest BCUT2D eigenvalue weighted by Gasteiger charge is -2.09. The third-order valence-corrected chi connectivity index (χ3v) is 3.13. The van der Waals surface area contributed by atoms with Crippen molar-refractivity contribution >= 4 is 39.3 Å². The van der Waals surface area contributed by atoms with Crippen LogP contribution in [0.25, 0.3) is 0 Å². The Hall–Kier alpha value is -1.27. The van der Waals surface area contributed by atoms with Crippen LogP contribution in [0, 0.1) is 0 Å². The van der Waals surface area contributed by atoms with E-state index in [1.165, 1.54) is 0 Å². The van der Waals surface area contributed by atoms with Crippen molar-refractivity contribution in [3.63, 3.8) is 0 Å². The van der Waals surface area contributed by atoms with Crippen molar-refractivity contribution in [2.75, 3.05) is 19.7 Å². The van der Waals surface area contributed by atoms with Gasteiger partial charge >= 0.3 is 0 Å². The highest BCUT2D eigenvalue weighted by Gasteiger charge is 2.07. The van der Waals surface area contributed by atoms with E-state index in [1.807, 2.05) is 6.92 Å². The first-order chi connectivity index (χ1) is 9.52. The fourth-order valence-corrected chi connectivity index (χ4v) is 2.09.